The first kappa shape index (κ1) is 14.2. The number of amides is 1. The minimum atomic E-state index is 0.0169. The normalized spacial score (nSPS) is 18.7. The van der Waals surface area contributed by atoms with Gasteiger partial charge in [0.25, 0.3) is 0 Å². The Kier molecular flexibility index (Phi) is 6.89. The van der Waals surface area contributed by atoms with Crippen molar-refractivity contribution in [2.45, 2.75) is 20.3 Å². The number of carbonyl (C=O) groups is 1. The third-order valence-corrected chi connectivity index (χ3v) is 3.18. The Morgan fingerprint density at radius 2 is 1.88 bits per heavy atom. The van der Waals surface area contributed by atoms with Crippen LogP contribution in [0, 0.1) is 0 Å². The molecule has 0 aliphatic carbocycles. The van der Waals surface area contributed by atoms with Crippen LogP contribution in [0.2, 0.25) is 0 Å². The second-order valence-corrected chi connectivity index (χ2v) is 4.42. The maximum Gasteiger partial charge on any atom is 0.243 e. The minimum absolute atomic E-state index is 0.0169. The summed E-state index contributed by atoms with van der Waals surface area (Å²) in [5.74, 6) is 0.0169. The van der Waals surface area contributed by atoms with Crippen LogP contribution in [0.4, 0.5) is 0 Å². The van der Waals surface area contributed by atoms with Crippen molar-refractivity contribution in [2.75, 3.05) is 45.8 Å². The average Bonchev–Trinajstić information content (AvgIpc) is 2.36. The third kappa shape index (κ3) is 5.84. The predicted molar refractivity (Wildman–Crippen MR) is 71.0 cm³/mol. The molecule has 1 saturated heterocycles. The Balaban J connectivity index is 2.02. The lowest BCUT2D eigenvalue weighted by Crippen LogP contribution is -2.46. The summed E-state index contributed by atoms with van der Waals surface area (Å²) >= 11 is 0. The van der Waals surface area contributed by atoms with Crippen LogP contribution in [0.15, 0.2) is 12.2 Å². The molecule has 4 heteroatoms. The van der Waals surface area contributed by atoms with Gasteiger partial charge in [0.1, 0.15) is 0 Å². The number of hydrogen-bond donors (Lipinski definition) is 1. The Labute approximate surface area is 105 Å². The molecule has 0 aromatic carbocycles. The Bertz CT molecular complexity index is 245. The number of nitrogens with one attached hydrogen (secondary N) is 1. The summed E-state index contributed by atoms with van der Waals surface area (Å²) in [6.45, 7) is 11.8. The van der Waals surface area contributed by atoms with Crippen LogP contribution in [0.1, 0.15) is 20.3 Å². The molecule has 1 fully saturated rings. The fourth-order valence-corrected chi connectivity index (χ4v) is 2.05. The number of hydrogen-bond acceptors (Lipinski definition) is 3. The van der Waals surface area contributed by atoms with Gasteiger partial charge in [-0.2, -0.15) is 0 Å². The number of likely N-dealkylation sites (N-methyl/N-ethyl adjacent to an activating group) is 1. The smallest absolute Gasteiger partial charge is 0.243 e. The lowest BCUT2D eigenvalue weighted by atomic mass is 10.3. The highest BCUT2D eigenvalue weighted by molar-refractivity contribution is 5.87. The Hall–Kier alpha value is -0.870. The van der Waals surface area contributed by atoms with Crippen molar-refractivity contribution in [3.8, 4) is 0 Å². The first-order chi connectivity index (χ1) is 8.26. The summed E-state index contributed by atoms with van der Waals surface area (Å²) in [6, 6.07) is 0. The van der Waals surface area contributed by atoms with E-state index in [1.165, 1.54) is 13.1 Å². The van der Waals surface area contributed by atoms with E-state index in [2.05, 4.69) is 22.0 Å². The van der Waals surface area contributed by atoms with E-state index in [9.17, 15) is 4.79 Å². The third-order valence-electron chi connectivity index (χ3n) is 3.18. The van der Waals surface area contributed by atoms with Crippen molar-refractivity contribution < 1.29 is 4.79 Å². The van der Waals surface area contributed by atoms with Crippen LogP contribution in [0.3, 0.4) is 0 Å². The van der Waals surface area contributed by atoms with Crippen LogP contribution in [0.5, 0.6) is 0 Å². The predicted octanol–water partition coefficient (Wildman–Crippen LogP) is 0.706. The highest BCUT2D eigenvalue weighted by Crippen LogP contribution is 2.01. The van der Waals surface area contributed by atoms with E-state index >= 15 is 0 Å². The number of nitrogens with zero attached hydrogens (tertiary/aromatic N) is 2. The second-order valence-electron chi connectivity index (χ2n) is 4.42. The molecular weight excluding hydrogens is 214 g/mol. The van der Waals surface area contributed by atoms with E-state index in [-0.39, 0.29) is 5.91 Å². The summed E-state index contributed by atoms with van der Waals surface area (Å²) in [5, 5.41) is 2.88. The molecule has 17 heavy (non-hydrogen) atoms. The molecule has 1 aliphatic rings. The maximum absolute atomic E-state index is 11.2. The molecule has 1 aliphatic heterocycles. The van der Waals surface area contributed by atoms with Gasteiger partial charge in [-0.05, 0) is 32.5 Å². The fraction of sp³-hybridized carbons (Fsp3) is 0.769. The zero-order valence-corrected chi connectivity index (χ0v) is 11.1. The highest BCUT2D eigenvalue weighted by Gasteiger charge is 2.14. The molecule has 0 saturated carbocycles. The molecule has 0 spiro atoms. The highest BCUT2D eigenvalue weighted by atomic mass is 16.1. The van der Waals surface area contributed by atoms with Gasteiger partial charge in [-0.3, -0.25) is 4.79 Å². The van der Waals surface area contributed by atoms with Gasteiger partial charge in [0.2, 0.25) is 5.91 Å². The number of rotatable bonds is 6. The van der Waals surface area contributed by atoms with Gasteiger partial charge in [0.05, 0.1) is 0 Å². The van der Waals surface area contributed by atoms with Crippen LogP contribution in [-0.4, -0.2) is 61.5 Å². The lowest BCUT2D eigenvalue weighted by Gasteiger charge is -2.33. The number of allylic oxidation sites excluding steroid dienone is 1. The molecule has 98 valence electrons. The Morgan fingerprint density at radius 1 is 1.24 bits per heavy atom. The largest absolute Gasteiger partial charge is 0.353 e. The Morgan fingerprint density at radius 3 is 2.47 bits per heavy atom. The molecular formula is C13H25N3O. The van der Waals surface area contributed by atoms with E-state index < -0.39 is 0 Å². The quantitative estimate of drug-likeness (QED) is 0.547. The molecule has 0 bridgehead atoms. The van der Waals surface area contributed by atoms with Gasteiger partial charge in [-0.15, -0.1) is 0 Å². The van der Waals surface area contributed by atoms with Gasteiger partial charge in [-0.25, -0.2) is 0 Å². The molecule has 0 radical (unpaired) electrons. The fourth-order valence-electron chi connectivity index (χ4n) is 2.05. The molecule has 0 unspecified atom stereocenters. The lowest BCUT2D eigenvalue weighted by molar-refractivity contribution is -0.116. The van der Waals surface area contributed by atoms with Crippen LogP contribution in [-0.2, 0) is 4.79 Å². The molecule has 0 atom stereocenters. The van der Waals surface area contributed by atoms with E-state index in [1.807, 2.05) is 6.92 Å². The van der Waals surface area contributed by atoms with E-state index in [0.29, 0.717) is 0 Å². The van der Waals surface area contributed by atoms with Crippen molar-refractivity contribution in [3.63, 3.8) is 0 Å². The number of carbonyl (C=O) groups excluding carboxylic acids is 1. The SMILES string of the molecule is C/C=C/C(=O)NCCCN1CCN(CC)CC1. The molecule has 1 amide bonds. The van der Waals surface area contributed by atoms with E-state index in [1.54, 1.807) is 12.2 Å². The average molecular weight is 239 g/mol. The standard InChI is InChI=1S/C13H25N3O/c1-3-6-13(17)14-7-5-8-16-11-9-15(4-2)10-12-16/h3,6H,4-5,7-12H2,1-2H3,(H,14,17)/b6-3+. The first-order valence-corrected chi connectivity index (χ1v) is 6.61. The second kappa shape index (κ2) is 8.25. The zero-order chi connectivity index (χ0) is 12.5. The van der Waals surface area contributed by atoms with Crippen molar-refractivity contribution in [1.29, 1.82) is 0 Å². The van der Waals surface area contributed by atoms with Gasteiger partial charge in [0.15, 0.2) is 0 Å². The molecule has 4 nitrogen and oxygen atoms in total. The molecule has 1 rings (SSSR count). The monoisotopic (exact) mass is 239 g/mol. The van der Waals surface area contributed by atoms with Crippen molar-refractivity contribution >= 4 is 5.91 Å². The first-order valence-electron chi connectivity index (χ1n) is 6.61. The van der Waals surface area contributed by atoms with Gasteiger partial charge < -0.3 is 15.1 Å². The van der Waals surface area contributed by atoms with E-state index in [4.69, 9.17) is 0 Å². The summed E-state index contributed by atoms with van der Waals surface area (Å²) in [5.41, 5.74) is 0. The molecule has 0 aromatic heterocycles. The van der Waals surface area contributed by atoms with Crippen LogP contribution >= 0.6 is 0 Å². The maximum atomic E-state index is 11.2. The summed E-state index contributed by atoms with van der Waals surface area (Å²) in [7, 11) is 0. The van der Waals surface area contributed by atoms with Crippen LogP contribution in [0.25, 0.3) is 0 Å². The molecule has 0 aromatic rings. The van der Waals surface area contributed by atoms with Crippen molar-refractivity contribution in [2.24, 2.45) is 0 Å². The summed E-state index contributed by atoms with van der Waals surface area (Å²) in [6.07, 6.45) is 4.37. The van der Waals surface area contributed by atoms with Crippen LogP contribution < -0.4 is 5.32 Å². The molecule has 1 N–H and O–H groups in total. The molecule has 1 heterocycles. The van der Waals surface area contributed by atoms with Gasteiger partial charge in [-0.1, -0.05) is 13.0 Å². The zero-order valence-electron chi connectivity index (χ0n) is 11.1. The number of piperazine rings is 1. The van der Waals surface area contributed by atoms with E-state index in [0.717, 1.165) is 39.1 Å². The topological polar surface area (TPSA) is 35.6 Å². The summed E-state index contributed by atoms with van der Waals surface area (Å²) in [4.78, 5) is 16.1. The van der Waals surface area contributed by atoms with Crippen molar-refractivity contribution in [1.82, 2.24) is 15.1 Å². The van der Waals surface area contributed by atoms with Gasteiger partial charge >= 0.3 is 0 Å². The minimum Gasteiger partial charge on any atom is -0.353 e. The van der Waals surface area contributed by atoms with Crippen molar-refractivity contribution in [3.05, 3.63) is 12.2 Å². The van der Waals surface area contributed by atoms with Gasteiger partial charge in [0, 0.05) is 32.7 Å². The summed E-state index contributed by atoms with van der Waals surface area (Å²) < 4.78 is 0.